The first-order valence-corrected chi connectivity index (χ1v) is 12.1. The van der Waals surface area contributed by atoms with Crippen molar-refractivity contribution >= 4 is 44.2 Å². The Morgan fingerprint density at radius 3 is 2.65 bits per heavy atom. The number of ether oxygens (including phenoxy) is 1. The fraction of sp³-hybridized carbons (Fsp3) is 0.182. The molecular weight excluding hydrogens is 434 g/mol. The summed E-state index contributed by atoms with van der Waals surface area (Å²) in [5.74, 6) is 0.391. The second-order valence-corrected chi connectivity index (χ2v) is 9.11. The molecule has 2 N–H and O–H groups in total. The van der Waals surface area contributed by atoms with Crippen molar-refractivity contribution in [3.63, 3.8) is 0 Å². The Kier molecular flexibility index (Phi) is 7.80. The van der Waals surface area contributed by atoms with Gasteiger partial charge < -0.3 is 10.1 Å². The Morgan fingerprint density at radius 2 is 1.94 bits per heavy atom. The van der Waals surface area contributed by atoms with Gasteiger partial charge in [0.05, 0.1) is 11.5 Å². The van der Waals surface area contributed by atoms with Crippen LogP contribution in [-0.4, -0.2) is 25.9 Å². The molecule has 0 saturated carbocycles. The van der Waals surface area contributed by atoms with E-state index in [2.05, 4.69) is 21.9 Å². The summed E-state index contributed by atoms with van der Waals surface area (Å²) in [6, 6.07) is 13.4. The van der Waals surface area contributed by atoms with E-state index < -0.39 is 10.0 Å². The molecule has 0 atom stereocenters. The van der Waals surface area contributed by atoms with E-state index >= 15 is 0 Å². The van der Waals surface area contributed by atoms with Crippen molar-refractivity contribution < 1.29 is 17.9 Å². The molecule has 3 aromatic rings. The number of amides is 1. The lowest BCUT2D eigenvalue weighted by molar-refractivity contribution is -0.111. The number of para-hydroxylation sites is 1. The fourth-order valence-corrected chi connectivity index (χ4v) is 4.38. The Balaban J connectivity index is 1.61. The third kappa shape index (κ3) is 6.66. The lowest BCUT2D eigenvalue weighted by atomic mass is 10.2. The number of thiazole rings is 1. The predicted octanol–water partition coefficient (Wildman–Crippen LogP) is 4.77. The predicted molar refractivity (Wildman–Crippen MR) is 124 cm³/mol. The molecule has 162 valence electrons. The molecule has 0 aliphatic rings. The van der Waals surface area contributed by atoms with Crippen molar-refractivity contribution in [3.8, 4) is 5.75 Å². The lowest BCUT2D eigenvalue weighted by Gasteiger charge is -2.08. The highest BCUT2D eigenvalue weighted by molar-refractivity contribution is 7.93. The van der Waals surface area contributed by atoms with Gasteiger partial charge in [0.25, 0.3) is 10.0 Å². The third-order valence-electron chi connectivity index (χ3n) is 4.17. The number of nitrogens with zero attached hydrogens (tertiary/aromatic N) is 1. The van der Waals surface area contributed by atoms with Crippen LogP contribution in [0.1, 0.15) is 25.3 Å². The van der Waals surface area contributed by atoms with E-state index in [0.29, 0.717) is 17.4 Å². The maximum atomic E-state index is 12.4. The van der Waals surface area contributed by atoms with E-state index in [1.54, 1.807) is 11.5 Å². The molecule has 0 bridgehead atoms. The topological polar surface area (TPSA) is 97.4 Å². The molecular formula is C22H23N3O4S2. The highest BCUT2D eigenvalue weighted by atomic mass is 32.2. The van der Waals surface area contributed by atoms with Crippen LogP contribution in [0.15, 0.2) is 71.1 Å². The monoisotopic (exact) mass is 457 g/mol. The summed E-state index contributed by atoms with van der Waals surface area (Å²) in [5.41, 5.74) is 1.29. The number of rotatable bonds is 10. The van der Waals surface area contributed by atoms with Crippen LogP contribution in [0.4, 0.5) is 10.8 Å². The minimum absolute atomic E-state index is 0.0781. The summed E-state index contributed by atoms with van der Waals surface area (Å²) in [6.07, 6.45) is 6.62. The molecule has 0 fully saturated rings. The molecule has 0 spiro atoms. The van der Waals surface area contributed by atoms with Crippen LogP contribution in [0, 0.1) is 0 Å². The highest BCUT2D eigenvalue weighted by Gasteiger charge is 2.15. The van der Waals surface area contributed by atoms with Gasteiger partial charge in [-0.25, -0.2) is 13.4 Å². The van der Waals surface area contributed by atoms with E-state index in [4.69, 9.17) is 4.74 Å². The zero-order valence-electron chi connectivity index (χ0n) is 16.9. The largest absolute Gasteiger partial charge is 0.493 e. The number of anilines is 2. The molecule has 3 rings (SSSR count). The Labute approximate surface area is 185 Å². The summed E-state index contributed by atoms with van der Waals surface area (Å²) in [5, 5.41) is 4.69. The first kappa shape index (κ1) is 22.5. The number of hydrogen-bond donors (Lipinski definition) is 2. The smallest absolute Gasteiger partial charge is 0.263 e. The number of sulfonamides is 1. The first-order chi connectivity index (χ1) is 15.0. The van der Waals surface area contributed by atoms with Crippen molar-refractivity contribution in [1.82, 2.24) is 4.98 Å². The van der Waals surface area contributed by atoms with Gasteiger partial charge in [-0.15, -0.1) is 11.3 Å². The molecule has 1 aromatic heterocycles. The molecule has 7 nitrogen and oxygen atoms in total. The Morgan fingerprint density at radius 1 is 1.16 bits per heavy atom. The number of carbonyl (C=O) groups is 1. The maximum Gasteiger partial charge on any atom is 0.263 e. The van der Waals surface area contributed by atoms with Gasteiger partial charge in [0.15, 0.2) is 5.13 Å². The maximum absolute atomic E-state index is 12.4. The van der Waals surface area contributed by atoms with Crippen molar-refractivity contribution in [2.45, 2.75) is 24.7 Å². The van der Waals surface area contributed by atoms with Crippen LogP contribution in [0.2, 0.25) is 0 Å². The number of nitrogens with one attached hydrogen (secondary N) is 2. The molecule has 0 aliphatic carbocycles. The third-order valence-corrected chi connectivity index (χ3v) is 6.35. The first-order valence-electron chi connectivity index (χ1n) is 9.71. The molecule has 31 heavy (non-hydrogen) atoms. The summed E-state index contributed by atoms with van der Waals surface area (Å²) >= 11 is 1.19. The zero-order valence-corrected chi connectivity index (χ0v) is 18.6. The normalized spacial score (nSPS) is 11.4. The lowest BCUT2D eigenvalue weighted by Crippen LogP contribution is -2.13. The van der Waals surface area contributed by atoms with Crippen LogP contribution < -0.4 is 14.8 Å². The van der Waals surface area contributed by atoms with E-state index in [9.17, 15) is 13.2 Å². The molecule has 0 unspecified atom stereocenters. The minimum Gasteiger partial charge on any atom is -0.493 e. The number of unbranched alkanes of at least 4 members (excludes halogenated alkanes) is 1. The number of hydrogen-bond acceptors (Lipinski definition) is 6. The van der Waals surface area contributed by atoms with Gasteiger partial charge in [-0.1, -0.05) is 31.5 Å². The van der Waals surface area contributed by atoms with Gasteiger partial charge in [0, 0.05) is 28.9 Å². The number of benzene rings is 2. The molecule has 1 amide bonds. The summed E-state index contributed by atoms with van der Waals surface area (Å²) in [4.78, 5) is 16.3. The molecule has 0 aliphatic heterocycles. The average molecular weight is 458 g/mol. The Bertz CT molecular complexity index is 1130. The van der Waals surface area contributed by atoms with Crippen molar-refractivity contribution in [2.75, 3.05) is 16.6 Å². The van der Waals surface area contributed by atoms with Crippen molar-refractivity contribution in [3.05, 3.63) is 71.7 Å². The minimum atomic E-state index is -3.73. The van der Waals surface area contributed by atoms with Crippen molar-refractivity contribution in [1.29, 1.82) is 0 Å². The van der Waals surface area contributed by atoms with Gasteiger partial charge in [0.1, 0.15) is 5.75 Å². The fourth-order valence-electron chi connectivity index (χ4n) is 2.59. The van der Waals surface area contributed by atoms with Crippen LogP contribution in [0.5, 0.6) is 5.75 Å². The number of aromatic nitrogens is 1. The van der Waals surface area contributed by atoms with E-state index in [1.807, 2.05) is 24.3 Å². The van der Waals surface area contributed by atoms with E-state index in [0.717, 1.165) is 24.2 Å². The summed E-state index contributed by atoms with van der Waals surface area (Å²) < 4.78 is 32.9. The summed E-state index contributed by atoms with van der Waals surface area (Å²) in [7, 11) is -3.73. The van der Waals surface area contributed by atoms with Crippen LogP contribution in [-0.2, 0) is 14.8 Å². The van der Waals surface area contributed by atoms with Gasteiger partial charge in [-0.2, -0.15) is 0 Å². The quantitative estimate of drug-likeness (QED) is 0.337. The standard InChI is InChI=1S/C22H23N3O4S2/c1-2-3-15-29-20-7-5-4-6-17(20)8-13-21(26)24-18-9-11-19(12-10-18)31(27,28)25-22-23-14-16-30-22/h4-14,16H,2-3,15H2,1H3,(H,23,25)(H,24,26)/b13-8+. The summed E-state index contributed by atoms with van der Waals surface area (Å²) in [6.45, 7) is 2.72. The molecule has 0 radical (unpaired) electrons. The van der Waals surface area contributed by atoms with Gasteiger partial charge in [0.2, 0.25) is 5.91 Å². The van der Waals surface area contributed by atoms with Gasteiger partial charge in [-0.05, 0) is 42.8 Å². The van der Waals surface area contributed by atoms with Gasteiger partial charge >= 0.3 is 0 Å². The van der Waals surface area contributed by atoms with Gasteiger partial charge in [-0.3, -0.25) is 9.52 Å². The van der Waals surface area contributed by atoms with Crippen LogP contribution >= 0.6 is 11.3 Å². The zero-order chi connectivity index (χ0) is 22.1. The molecule has 1 heterocycles. The van der Waals surface area contributed by atoms with Crippen LogP contribution in [0.25, 0.3) is 6.08 Å². The van der Waals surface area contributed by atoms with Crippen LogP contribution in [0.3, 0.4) is 0 Å². The average Bonchev–Trinajstić information content (AvgIpc) is 3.26. The van der Waals surface area contributed by atoms with Crippen molar-refractivity contribution in [2.24, 2.45) is 0 Å². The molecule has 2 aromatic carbocycles. The SMILES string of the molecule is CCCCOc1ccccc1/C=C/C(=O)Nc1ccc(S(=O)(=O)Nc2nccs2)cc1. The second kappa shape index (κ2) is 10.7. The number of carbonyl (C=O) groups excluding carboxylic acids is 1. The van der Waals surface area contributed by atoms with E-state index in [1.165, 1.54) is 47.9 Å². The second-order valence-electron chi connectivity index (χ2n) is 6.53. The Hall–Kier alpha value is -3.17. The van der Waals surface area contributed by atoms with E-state index in [-0.39, 0.29) is 10.8 Å². The molecule has 0 saturated heterocycles. The highest BCUT2D eigenvalue weighted by Crippen LogP contribution is 2.21. The molecule has 9 heteroatoms.